The Bertz CT molecular complexity index is 1100. The average Bonchev–Trinajstić information content (AvgIpc) is 3.31. The maximum Gasteiger partial charge on any atom is 0.215 e. The van der Waals surface area contributed by atoms with E-state index >= 15 is 0 Å². The van der Waals surface area contributed by atoms with Crippen LogP contribution in [-0.4, -0.2) is 45.6 Å². The second-order valence-corrected chi connectivity index (χ2v) is 7.57. The molecule has 2 aromatic carbocycles. The lowest BCUT2D eigenvalue weighted by Gasteiger charge is -2.26. The van der Waals surface area contributed by atoms with Gasteiger partial charge in [0.25, 0.3) is 0 Å². The normalized spacial score (nSPS) is 14.4. The first-order chi connectivity index (χ1) is 13.8. The number of nitrogens with zero attached hydrogens (tertiary/aromatic N) is 4. The Morgan fingerprint density at radius 1 is 0.867 bits per heavy atom. The quantitative estimate of drug-likeness (QED) is 0.417. The second kappa shape index (κ2) is 9.73. The fraction of sp³-hybridized carbons (Fsp3) is 0.348. The summed E-state index contributed by atoms with van der Waals surface area (Å²) in [5, 5.41) is 0. The summed E-state index contributed by atoms with van der Waals surface area (Å²) in [5.74, 6) is 1.88. The molecule has 5 rings (SSSR count). The van der Waals surface area contributed by atoms with Gasteiger partial charge in [-0.15, -0.1) is 24.8 Å². The van der Waals surface area contributed by atoms with E-state index in [9.17, 15) is 0 Å². The SMILES string of the molecule is COc1ccc(-c2cn3c4ccccc4n(CCN4CCCCC4)c3n2)cc1.Cl.Cl. The van der Waals surface area contributed by atoms with Gasteiger partial charge in [0.2, 0.25) is 5.78 Å². The Morgan fingerprint density at radius 2 is 1.57 bits per heavy atom. The number of halogens is 2. The molecule has 1 aliphatic heterocycles. The van der Waals surface area contributed by atoms with Crippen molar-refractivity contribution in [3.05, 3.63) is 54.7 Å². The summed E-state index contributed by atoms with van der Waals surface area (Å²) in [7, 11) is 1.69. The van der Waals surface area contributed by atoms with E-state index in [0.29, 0.717) is 0 Å². The number of para-hydroxylation sites is 2. The van der Waals surface area contributed by atoms with E-state index in [1.165, 1.54) is 43.4 Å². The van der Waals surface area contributed by atoms with Crippen molar-refractivity contribution >= 4 is 41.6 Å². The number of hydrogen-bond donors (Lipinski definition) is 0. The number of imidazole rings is 2. The summed E-state index contributed by atoms with van der Waals surface area (Å²) >= 11 is 0. The van der Waals surface area contributed by atoms with Crippen molar-refractivity contribution in [3.63, 3.8) is 0 Å². The molecule has 0 atom stereocenters. The van der Waals surface area contributed by atoms with E-state index in [4.69, 9.17) is 9.72 Å². The number of hydrogen-bond acceptors (Lipinski definition) is 3. The fourth-order valence-electron chi connectivity index (χ4n) is 4.29. The first kappa shape index (κ1) is 22.5. The third-order valence-corrected chi connectivity index (χ3v) is 5.84. The van der Waals surface area contributed by atoms with Crippen LogP contribution in [-0.2, 0) is 6.54 Å². The van der Waals surface area contributed by atoms with Crippen molar-refractivity contribution in [2.24, 2.45) is 0 Å². The molecule has 4 aromatic rings. The average molecular weight is 447 g/mol. The predicted molar refractivity (Wildman–Crippen MR) is 127 cm³/mol. The molecule has 0 unspecified atom stereocenters. The molecule has 0 radical (unpaired) electrons. The van der Waals surface area contributed by atoms with E-state index in [0.717, 1.165) is 35.9 Å². The molecule has 0 N–H and O–H groups in total. The Kier molecular flexibility index (Phi) is 7.29. The first-order valence-electron chi connectivity index (χ1n) is 10.2. The Balaban J connectivity index is 0.00000128. The zero-order chi connectivity index (χ0) is 18.9. The molecule has 1 fully saturated rings. The summed E-state index contributed by atoms with van der Waals surface area (Å²) in [6.07, 6.45) is 6.18. The van der Waals surface area contributed by atoms with E-state index in [1.807, 2.05) is 12.1 Å². The largest absolute Gasteiger partial charge is 0.497 e. The van der Waals surface area contributed by atoms with Gasteiger partial charge < -0.3 is 14.2 Å². The van der Waals surface area contributed by atoms with Gasteiger partial charge in [-0.2, -0.15) is 0 Å². The number of fused-ring (bicyclic) bond motifs is 3. The molecule has 5 nitrogen and oxygen atoms in total. The molecule has 1 saturated heterocycles. The topological polar surface area (TPSA) is 34.7 Å². The van der Waals surface area contributed by atoms with Crippen LogP contribution in [0.4, 0.5) is 0 Å². The summed E-state index contributed by atoms with van der Waals surface area (Å²) in [5.41, 5.74) is 4.57. The molecule has 3 heterocycles. The van der Waals surface area contributed by atoms with Gasteiger partial charge >= 0.3 is 0 Å². The van der Waals surface area contributed by atoms with Crippen LogP contribution in [0.3, 0.4) is 0 Å². The minimum absolute atomic E-state index is 0. The van der Waals surface area contributed by atoms with Crippen molar-refractivity contribution in [1.82, 2.24) is 18.9 Å². The number of rotatable bonds is 5. The molecule has 0 bridgehead atoms. The minimum atomic E-state index is 0. The number of piperidine rings is 1. The smallest absolute Gasteiger partial charge is 0.215 e. The molecule has 7 heteroatoms. The van der Waals surface area contributed by atoms with Gasteiger partial charge in [-0.1, -0.05) is 18.6 Å². The van der Waals surface area contributed by atoms with Gasteiger partial charge in [0.05, 0.1) is 23.8 Å². The van der Waals surface area contributed by atoms with Gasteiger partial charge in [0, 0.05) is 24.8 Å². The Hall–Kier alpha value is -2.21. The van der Waals surface area contributed by atoms with Crippen molar-refractivity contribution in [1.29, 1.82) is 0 Å². The molecule has 160 valence electrons. The van der Waals surface area contributed by atoms with E-state index in [2.05, 4.69) is 56.5 Å². The van der Waals surface area contributed by atoms with Crippen LogP contribution in [0.25, 0.3) is 28.1 Å². The summed E-state index contributed by atoms with van der Waals surface area (Å²) in [4.78, 5) is 7.59. The Labute approximate surface area is 189 Å². The maximum atomic E-state index is 5.28. The van der Waals surface area contributed by atoms with Crippen molar-refractivity contribution in [2.75, 3.05) is 26.7 Å². The maximum absolute atomic E-state index is 5.28. The highest BCUT2D eigenvalue weighted by Gasteiger charge is 2.16. The highest BCUT2D eigenvalue weighted by Crippen LogP contribution is 2.27. The summed E-state index contributed by atoms with van der Waals surface area (Å²) < 4.78 is 9.88. The highest BCUT2D eigenvalue weighted by molar-refractivity contribution is 5.85. The van der Waals surface area contributed by atoms with E-state index in [-0.39, 0.29) is 24.8 Å². The van der Waals surface area contributed by atoms with Crippen LogP contribution >= 0.6 is 24.8 Å². The lowest BCUT2D eigenvalue weighted by Crippen LogP contribution is -2.32. The van der Waals surface area contributed by atoms with Crippen molar-refractivity contribution in [3.8, 4) is 17.0 Å². The van der Waals surface area contributed by atoms with Gasteiger partial charge in [-0.25, -0.2) is 4.98 Å². The number of likely N-dealkylation sites (tertiary alicyclic amines) is 1. The predicted octanol–water partition coefficient (Wildman–Crippen LogP) is 5.29. The van der Waals surface area contributed by atoms with E-state index < -0.39 is 0 Å². The molecular formula is C23H28Cl2N4O. The van der Waals surface area contributed by atoms with Crippen LogP contribution in [0.15, 0.2) is 54.7 Å². The fourth-order valence-corrected chi connectivity index (χ4v) is 4.29. The van der Waals surface area contributed by atoms with Crippen LogP contribution in [0, 0.1) is 0 Å². The first-order valence-corrected chi connectivity index (χ1v) is 10.2. The van der Waals surface area contributed by atoms with Gasteiger partial charge in [-0.05, 0) is 62.3 Å². The van der Waals surface area contributed by atoms with Crippen LogP contribution < -0.4 is 4.74 Å². The third-order valence-electron chi connectivity index (χ3n) is 5.84. The van der Waals surface area contributed by atoms with Crippen molar-refractivity contribution < 1.29 is 4.74 Å². The number of ether oxygens (including phenoxy) is 1. The molecule has 0 amide bonds. The van der Waals surface area contributed by atoms with Crippen LogP contribution in [0.2, 0.25) is 0 Å². The lowest BCUT2D eigenvalue weighted by molar-refractivity contribution is 0.222. The summed E-state index contributed by atoms with van der Waals surface area (Å²) in [6.45, 7) is 4.50. The second-order valence-electron chi connectivity index (χ2n) is 7.57. The van der Waals surface area contributed by atoms with Crippen LogP contribution in [0.1, 0.15) is 19.3 Å². The molecule has 30 heavy (non-hydrogen) atoms. The highest BCUT2D eigenvalue weighted by atomic mass is 35.5. The minimum Gasteiger partial charge on any atom is -0.497 e. The number of methoxy groups -OCH3 is 1. The number of benzene rings is 2. The molecule has 0 saturated carbocycles. The van der Waals surface area contributed by atoms with Gasteiger partial charge in [0.15, 0.2) is 0 Å². The van der Waals surface area contributed by atoms with E-state index in [1.54, 1.807) is 7.11 Å². The van der Waals surface area contributed by atoms with Crippen molar-refractivity contribution in [2.45, 2.75) is 25.8 Å². The standard InChI is InChI=1S/C23H26N4O.2ClH/c1-28-19-11-9-18(10-12-19)20-17-27-22-8-4-3-7-21(22)26(23(27)24-20)16-15-25-13-5-2-6-14-25;;/h3-4,7-12,17H,2,5-6,13-16H2,1H3;2*1H. The molecule has 0 aliphatic carbocycles. The van der Waals surface area contributed by atoms with Crippen LogP contribution in [0.5, 0.6) is 5.75 Å². The molecule has 2 aromatic heterocycles. The Morgan fingerprint density at radius 3 is 2.27 bits per heavy atom. The van der Waals surface area contributed by atoms with Gasteiger partial charge in [0.1, 0.15) is 5.75 Å². The molecular weight excluding hydrogens is 419 g/mol. The monoisotopic (exact) mass is 446 g/mol. The third kappa shape index (κ3) is 4.15. The lowest BCUT2D eigenvalue weighted by atomic mass is 10.1. The van der Waals surface area contributed by atoms with Gasteiger partial charge in [-0.3, -0.25) is 4.40 Å². The molecule has 0 spiro atoms. The zero-order valence-electron chi connectivity index (χ0n) is 17.2. The molecule has 1 aliphatic rings. The number of aromatic nitrogens is 3. The zero-order valence-corrected chi connectivity index (χ0v) is 18.8. The summed E-state index contributed by atoms with van der Waals surface area (Å²) in [6, 6.07) is 16.7.